The molecule has 18 heavy (non-hydrogen) atoms. The lowest BCUT2D eigenvalue weighted by Crippen LogP contribution is -2.34. The van der Waals surface area contributed by atoms with Crippen LogP contribution in [0.25, 0.3) is 0 Å². The van der Waals surface area contributed by atoms with E-state index in [2.05, 4.69) is 5.32 Å². The van der Waals surface area contributed by atoms with Gasteiger partial charge in [0.15, 0.2) is 0 Å². The minimum absolute atomic E-state index is 0.340. The number of nitrogens with one attached hydrogen (secondary N) is 1. The number of carbonyl (C=O) groups excluding carboxylic acids is 1. The number of aliphatic hydroxyl groups excluding tert-OH is 1. The van der Waals surface area contributed by atoms with Crippen LogP contribution < -0.4 is 11.1 Å². The molecule has 0 radical (unpaired) electrons. The molecule has 4 heteroatoms. The standard InChI is InChI=1S/C14H20N2O2/c15-10-4-5-11-16-14(18)13(17)9-8-12-6-2-1-3-7-12/h1-7,13,17H,8-11,15H2,(H,16,18)/b5-4+/t13-/m0/s1. The molecule has 0 aliphatic rings. The van der Waals surface area contributed by atoms with Crippen molar-refractivity contribution in [1.82, 2.24) is 5.32 Å². The van der Waals surface area contributed by atoms with Gasteiger partial charge in [-0.25, -0.2) is 0 Å². The van der Waals surface area contributed by atoms with Crippen LogP contribution in [0.5, 0.6) is 0 Å². The first-order chi connectivity index (χ1) is 8.74. The van der Waals surface area contributed by atoms with Gasteiger partial charge in [0, 0.05) is 13.1 Å². The zero-order valence-electron chi connectivity index (χ0n) is 10.4. The average Bonchev–Trinajstić information content (AvgIpc) is 2.42. The molecule has 0 aliphatic heterocycles. The Morgan fingerprint density at radius 3 is 2.72 bits per heavy atom. The van der Waals surface area contributed by atoms with E-state index in [1.54, 1.807) is 12.2 Å². The summed E-state index contributed by atoms with van der Waals surface area (Å²) in [6.07, 6.45) is 3.68. The fourth-order valence-corrected chi connectivity index (χ4v) is 1.54. The van der Waals surface area contributed by atoms with Crippen LogP contribution in [0, 0.1) is 0 Å². The summed E-state index contributed by atoms with van der Waals surface area (Å²) in [5.41, 5.74) is 6.39. The van der Waals surface area contributed by atoms with Crippen molar-refractivity contribution < 1.29 is 9.90 Å². The van der Waals surface area contributed by atoms with Crippen LogP contribution in [-0.2, 0) is 11.2 Å². The van der Waals surface area contributed by atoms with Crippen molar-refractivity contribution in [3.8, 4) is 0 Å². The number of aliphatic hydroxyl groups is 1. The fraction of sp³-hybridized carbons (Fsp3) is 0.357. The van der Waals surface area contributed by atoms with E-state index in [9.17, 15) is 9.90 Å². The van der Waals surface area contributed by atoms with Crippen LogP contribution in [0.3, 0.4) is 0 Å². The number of hydrogen-bond donors (Lipinski definition) is 3. The van der Waals surface area contributed by atoms with Gasteiger partial charge in [-0.05, 0) is 18.4 Å². The molecule has 1 amide bonds. The summed E-state index contributed by atoms with van der Waals surface area (Å²) in [6, 6.07) is 9.79. The maximum atomic E-state index is 11.5. The van der Waals surface area contributed by atoms with Gasteiger partial charge in [0.2, 0.25) is 5.91 Å². The Morgan fingerprint density at radius 2 is 2.06 bits per heavy atom. The fourth-order valence-electron chi connectivity index (χ4n) is 1.54. The second kappa shape index (κ2) is 8.44. The summed E-state index contributed by atoms with van der Waals surface area (Å²) < 4.78 is 0. The number of nitrogens with two attached hydrogens (primary N) is 1. The summed E-state index contributed by atoms with van der Waals surface area (Å²) in [5.74, 6) is -0.340. The van der Waals surface area contributed by atoms with Crippen molar-refractivity contribution in [2.45, 2.75) is 18.9 Å². The highest BCUT2D eigenvalue weighted by Gasteiger charge is 2.13. The first-order valence-corrected chi connectivity index (χ1v) is 6.09. The number of aryl methyl sites for hydroxylation is 1. The van der Waals surface area contributed by atoms with Gasteiger partial charge in [-0.1, -0.05) is 42.5 Å². The quantitative estimate of drug-likeness (QED) is 0.619. The first-order valence-electron chi connectivity index (χ1n) is 6.09. The summed E-state index contributed by atoms with van der Waals surface area (Å²) in [4.78, 5) is 11.5. The molecule has 0 spiro atoms. The molecule has 4 N–H and O–H groups in total. The van der Waals surface area contributed by atoms with E-state index in [1.807, 2.05) is 30.3 Å². The highest BCUT2D eigenvalue weighted by molar-refractivity contribution is 5.80. The predicted molar refractivity (Wildman–Crippen MR) is 72.0 cm³/mol. The number of hydrogen-bond acceptors (Lipinski definition) is 3. The Kier molecular flexibility index (Phi) is 6.76. The van der Waals surface area contributed by atoms with E-state index in [0.717, 1.165) is 5.56 Å². The van der Waals surface area contributed by atoms with Gasteiger partial charge in [0.25, 0.3) is 0 Å². The van der Waals surface area contributed by atoms with Gasteiger partial charge in [0.05, 0.1) is 0 Å². The Bertz CT molecular complexity index is 377. The molecule has 98 valence electrons. The van der Waals surface area contributed by atoms with Crippen LogP contribution in [-0.4, -0.2) is 30.2 Å². The zero-order chi connectivity index (χ0) is 13.2. The minimum Gasteiger partial charge on any atom is -0.383 e. The van der Waals surface area contributed by atoms with E-state index in [1.165, 1.54) is 0 Å². The Hall–Kier alpha value is -1.65. The van der Waals surface area contributed by atoms with Crippen molar-refractivity contribution in [3.05, 3.63) is 48.0 Å². The van der Waals surface area contributed by atoms with Gasteiger partial charge in [-0.3, -0.25) is 4.79 Å². The summed E-state index contributed by atoms with van der Waals surface area (Å²) in [6.45, 7) is 0.852. The molecular formula is C14H20N2O2. The molecule has 0 saturated carbocycles. The molecule has 4 nitrogen and oxygen atoms in total. The third kappa shape index (κ3) is 5.61. The van der Waals surface area contributed by atoms with Crippen LogP contribution in [0.1, 0.15) is 12.0 Å². The van der Waals surface area contributed by atoms with Crippen molar-refractivity contribution in [1.29, 1.82) is 0 Å². The van der Waals surface area contributed by atoms with Crippen LogP contribution in [0.4, 0.5) is 0 Å². The van der Waals surface area contributed by atoms with E-state index in [-0.39, 0.29) is 5.91 Å². The van der Waals surface area contributed by atoms with E-state index in [4.69, 9.17) is 5.73 Å². The first kappa shape index (κ1) is 14.4. The molecule has 0 heterocycles. The zero-order valence-corrected chi connectivity index (χ0v) is 10.4. The highest BCUT2D eigenvalue weighted by Crippen LogP contribution is 2.04. The van der Waals surface area contributed by atoms with E-state index < -0.39 is 6.10 Å². The smallest absolute Gasteiger partial charge is 0.249 e. The van der Waals surface area contributed by atoms with Crippen molar-refractivity contribution in [2.75, 3.05) is 13.1 Å². The third-order valence-electron chi connectivity index (χ3n) is 2.55. The number of benzene rings is 1. The van der Waals surface area contributed by atoms with Gasteiger partial charge < -0.3 is 16.2 Å². The molecule has 1 aromatic carbocycles. The predicted octanol–water partition coefficient (Wildman–Crippen LogP) is 0.611. The van der Waals surface area contributed by atoms with Gasteiger partial charge in [-0.2, -0.15) is 0 Å². The van der Waals surface area contributed by atoms with Gasteiger partial charge >= 0.3 is 0 Å². The maximum Gasteiger partial charge on any atom is 0.249 e. The Balaban J connectivity index is 2.25. The third-order valence-corrected chi connectivity index (χ3v) is 2.55. The number of carbonyl (C=O) groups is 1. The maximum absolute atomic E-state index is 11.5. The van der Waals surface area contributed by atoms with Gasteiger partial charge in [-0.15, -0.1) is 0 Å². The normalized spacial score (nSPS) is 12.6. The second-order valence-electron chi connectivity index (χ2n) is 3.99. The summed E-state index contributed by atoms with van der Waals surface area (Å²) in [7, 11) is 0. The van der Waals surface area contributed by atoms with Crippen molar-refractivity contribution in [3.63, 3.8) is 0 Å². The lowest BCUT2D eigenvalue weighted by atomic mass is 10.1. The molecule has 0 aromatic heterocycles. The summed E-state index contributed by atoms with van der Waals surface area (Å²) >= 11 is 0. The lowest BCUT2D eigenvalue weighted by molar-refractivity contribution is -0.129. The summed E-state index contributed by atoms with van der Waals surface area (Å²) in [5, 5.41) is 12.3. The topological polar surface area (TPSA) is 75.3 Å². The number of amides is 1. The van der Waals surface area contributed by atoms with Crippen LogP contribution in [0.15, 0.2) is 42.5 Å². The van der Waals surface area contributed by atoms with Crippen LogP contribution in [0.2, 0.25) is 0 Å². The highest BCUT2D eigenvalue weighted by atomic mass is 16.3. The average molecular weight is 248 g/mol. The van der Waals surface area contributed by atoms with E-state index in [0.29, 0.717) is 25.9 Å². The molecule has 0 bridgehead atoms. The van der Waals surface area contributed by atoms with Crippen molar-refractivity contribution in [2.24, 2.45) is 5.73 Å². The molecule has 1 atom stereocenters. The largest absolute Gasteiger partial charge is 0.383 e. The number of rotatable bonds is 7. The molecule has 0 unspecified atom stereocenters. The van der Waals surface area contributed by atoms with Crippen LogP contribution >= 0.6 is 0 Å². The molecule has 0 saturated heterocycles. The van der Waals surface area contributed by atoms with Crippen molar-refractivity contribution >= 4 is 5.91 Å². The Labute approximate surface area is 108 Å². The molecular weight excluding hydrogens is 228 g/mol. The SMILES string of the molecule is NC/C=C/CNC(=O)[C@@H](O)CCc1ccccc1. The van der Waals surface area contributed by atoms with E-state index >= 15 is 0 Å². The van der Waals surface area contributed by atoms with Gasteiger partial charge in [0.1, 0.15) is 6.10 Å². The molecule has 1 rings (SSSR count). The Morgan fingerprint density at radius 1 is 1.33 bits per heavy atom. The lowest BCUT2D eigenvalue weighted by Gasteiger charge is -2.10. The molecule has 1 aromatic rings. The second-order valence-corrected chi connectivity index (χ2v) is 3.99. The minimum atomic E-state index is -0.962. The monoisotopic (exact) mass is 248 g/mol. The molecule has 0 fully saturated rings. The molecule has 0 aliphatic carbocycles.